The molecule has 1 fully saturated rings. The first-order valence-corrected chi connectivity index (χ1v) is 12.3. The number of carbonyl (C=O) groups excluding carboxylic acids is 2. The Morgan fingerprint density at radius 1 is 1.06 bits per heavy atom. The van der Waals surface area contributed by atoms with E-state index in [2.05, 4.69) is 31.4 Å². The van der Waals surface area contributed by atoms with Crippen LogP contribution < -0.4 is 10.6 Å². The summed E-state index contributed by atoms with van der Waals surface area (Å²) < 4.78 is 0. The Morgan fingerprint density at radius 2 is 1.71 bits per heavy atom. The summed E-state index contributed by atoms with van der Waals surface area (Å²) in [5.41, 5.74) is 1.82. The van der Waals surface area contributed by atoms with Crippen molar-refractivity contribution in [3.8, 4) is 0 Å². The smallest absolute Gasteiger partial charge is 0.307 e. The van der Waals surface area contributed by atoms with Gasteiger partial charge in [-0.1, -0.05) is 33.6 Å². The Morgan fingerprint density at radius 3 is 2.29 bits per heavy atom. The molecule has 172 valence electrons. The van der Waals surface area contributed by atoms with Crippen molar-refractivity contribution in [3.63, 3.8) is 0 Å². The maximum absolute atomic E-state index is 13.1. The van der Waals surface area contributed by atoms with Gasteiger partial charge in [0.1, 0.15) is 5.00 Å². The van der Waals surface area contributed by atoms with E-state index in [1.807, 2.05) is 13.8 Å². The molecule has 3 rings (SSSR count). The average Bonchev–Trinajstić information content (AvgIpc) is 3.03. The van der Waals surface area contributed by atoms with E-state index in [9.17, 15) is 19.5 Å². The van der Waals surface area contributed by atoms with Crippen molar-refractivity contribution in [3.05, 3.63) is 16.0 Å². The molecule has 1 aromatic heterocycles. The standard InChI is InChI=1S/C24H36N2O4S/c1-13(2)25-21(28)19-17-11-10-14(24(3,4)5)12-18(17)31-22(19)26-20(27)15-8-6-7-9-16(15)23(29)30/h13-16H,6-12H2,1-5H3,(H,25,28)(H,26,27)(H,29,30)/t14-,15+,16-/m1/s1. The lowest BCUT2D eigenvalue weighted by Gasteiger charge is -2.33. The van der Waals surface area contributed by atoms with E-state index in [4.69, 9.17) is 0 Å². The topological polar surface area (TPSA) is 95.5 Å². The van der Waals surface area contributed by atoms with Gasteiger partial charge < -0.3 is 15.7 Å². The predicted molar refractivity (Wildman–Crippen MR) is 124 cm³/mol. The number of carboxylic acid groups (broad SMARTS) is 1. The summed E-state index contributed by atoms with van der Waals surface area (Å²) >= 11 is 1.50. The van der Waals surface area contributed by atoms with Crippen LogP contribution in [0, 0.1) is 23.2 Å². The van der Waals surface area contributed by atoms with Gasteiger partial charge >= 0.3 is 5.97 Å². The van der Waals surface area contributed by atoms with Gasteiger partial charge in [0.25, 0.3) is 5.91 Å². The van der Waals surface area contributed by atoms with Crippen molar-refractivity contribution in [2.75, 3.05) is 5.32 Å². The fourth-order valence-corrected chi connectivity index (χ4v) is 6.26. The molecule has 1 saturated carbocycles. The zero-order valence-corrected chi connectivity index (χ0v) is 20.2. The van der Waals surface area contributed by atoms with Crippen molar-refractivity contribution >= 4 is 34.1 Å². The Kier molecular flexibility index (Phi) is 7.14. The second-order valence-corrected chi connectivity index (χ2v) is 11.6. The van der Waals surface area contributed by atoms with Crippen LogP contribution in [0.1, 0.15) is 87.5 Å². The van der Waals surface area contributed by atoms with E-state index >= 15 is 0 Å². The monoisotopic (exact) mass is 448 g/mol. The minimum absolute atomic E-state index is 0.00717. The SMILES string of the molecule is CC(C)NC(=O)c1c(NC(=O)[C@H]2CCCC[C@H]2C(=O)O)sc2c1CC[C@@H](C(C)(C)C)C2. The van der Waals surface area contributed by atoms with E-state index in [0.29, 0.717) is 29.3 Å². The number of hydrogen-bond donors (Lipinski definition) is 3. The highest BCUT2D eigenvalue weighted by Crippen LogP contribution is 2.44. The summed E-state index contributed by atoms with van der Waals surface area (Å²) in [6.07, 6.45) is 5.55. The predicted octanol–water partition coefficient (Wildman–Crippen LogP) is 4.87. The molecule has 6 nitrogen and oxygen atoms in total. The molecule has 2 amide bonds. The number of fused-ring (bicyclic) bond motifs is 1. The third kappa shape index (κ3) is 5.30. The van der Waals surface area contributed by atoms with Gasteiger partial charge in [-0.15, -0.1) is 11.3 Å². The Balaban J connectivity index is 1.91. The first kappa shape index (κ1) is 23.8. The third-order valence-electron chi connectivity index (χ3n) is 6.79. The van der Waals surface area contributed by atoms with Crippen molar-refractivity contribution in [1.82, 2.24) is 5.32 Å². The molecule has 1 heterocycles. The fourth-order valence-electron chi connectivity index (χ4n) is 4.93. The number of rotatable bonds is 5. The average molecular weight is 449 g/mol. The lowest BCUT2D eigenvalue weighted by molar-refractivity contribution is -0.147. The summed E-state index contributed by atoms with van der Waals surface area (Å²) in [4.78, 5) is 39.0. The second-order valence-electron chi connectivity index (χ2n) is 10.5. The number of thiophene rings is 1. The van der Waals surface area contributed by atoms with Crippen LogP contribution in [0.3, 0.4) is 0 Å². The highest BCUT2D eigenvalue weighted by atomic mass is 32.1. The normalized spacial score (nSPS) is 23.9. The molecule has 3 N–H and O–H groups in total. The van der Waals surface area contributed by atoms with Crippen molar-refractivity contribution in [1.29, 1.82) is 0 Å². The molecule has 0 aliphatic heterocycles. The van der Waals surface area contributed by atoms with Crippen LogP contribution in [0.25, 0.3) is 0 Å². The van der Waals surface area contributed by atoms with E-state index in [-0.39, 0.29) is 23.3 Å². The Hall–Kier alpha value is -1.89. The van der Waals surface area contributed by atoms with E-state index in [1.54, 1.807) is 0 Å². The lowest BCUT2D eigenvalue weighted by Crippen LogP contribution is -2.36. The van der Waals surface area contributed by atoms with Crippen LogP contribution in [-0.2, 0) is 22.4 Å². The molecular weight excluding hydrogens is 412 g/mol. The fraction of sp³-hybridized carbons (Fsp3) is 0.708. The maximum Gasteiger partial charge on any atom is 0.307 e. The van der Waals surface area contributed by atoms with Gasteiger partial charge in [-0.2, -0.15) is 0 Å². The molecule has 0 spiro atoms. The van der Waals surface area contributed by atoms with Crippen LogP contribution in [0.2, 0.25) is 0 Å². The van der Waals surface area contributed by atoms with Crippen LogP contribution in [0.5, 0.6) is 0 Å². The van der Waals surface area contributed by atoms with Gasteiger partial charge in [-0.3, -0.25) is 14.4 Å². The number of amides is 2. The minimum atomic E-state index is -0.906. The summed E-state index contributed by atoms with van der Waals surface area (Å²) in [5.74, 6) is -2.00. The number of carbonyl (C=O) groups is 3. The van der Waals surface area contributed by atoms with Crippen LogP contribution in [0.15, 0.2) is 0 Å². The molecule has 2 aliphatic rings. The minimum Gasteiger partial charge on any atom is -0.481 e. The zero-order chi connectivity index (χ0) is 22.9. The maximum atomic E-state index is 13.1. The van der Waals surface area contributed by atoms with E-state index < -0.39 is 17.8 Å². The zero-order valence-electron chi connectivity index (χ0n) is 19.3. The second kappa shape index (κ2) is 9.31. The largest absolute Gasteiger partial charge is 0.481 e. The summed E-state index contributed by atoms with van der Waals surface area (Å²) in [6.45, 7) is 10.6. The number of aliphatic carboxylic acids is 1. The highest BCUT2D eigenvalue weighted by molar-refractivity contribution is 7.17. The molecule has 0 bridgehead atoms. The summed E-state index contributed by atoms with van der Waals surface area (Å²) in [5, 5.41) is 16.1. The van der Waals surface area contributed by atoms with Gasteiger partial charge in [0.2, 0.25) is 5.91 Å². The number of hydrogen-bond acceptors (Lipinski definition) is 4. The first-order chi connectivity index (χ1) is 14.5. The van der Waals surface area contributed by atoms with Gasteiger partial charge in [-0.25, -0.2) is 0 Å². The molecule has 1 aromatic rings. The Bertz CT molecular complexity index is 852. The third-order valence-corrected chi connectivity index (χ3v) is 7.96. The number of nitrogens with one attached hydrogen (secondary N) is 2. The Labute approximate surface area is 189 Å². The van der Waals surface area contributed by atoms with Crippen molar-refractivity contribution in [2.24, 2.45) is 23.2 Å². The van der Waals surface area contributed by atoms with Crippen LogP contribution in [0.4, 0.5) is 5.00 Å². The van der Waals surface area contributed by atoms with Gasteiger partial charge in [0.05, 0.1) is 17.4 Å². The van der Waals surface area contributed by atoms with Gasteiger partial charge in [0.15, 0.2) is 0 Å². The molecule has 0 radical (unpaired) electrons. The highest BCUT2D eigenvalue weighted by Gasteiger charge is 2.38. The van der Waals surface area contributed by atoms with Crippen LogP contribution >= 0.6 is 11.3 Å². The molecule has 0 saturated heterocycles. The quantitative estimate of drug-likeness (QED) is 0.599. The van der Waals surface area contributed by atoms with E-state index in [1.165, 1.54) is 16.2 Å². The molecule has 31 heavy (non-hydrogen) atoms. The molecule has 7 heteroatoms. The molecule has 3 atom stereocenters. The molecular formula is C24H36N2O4S. The molecule has 0 unspecified atom stereocenters. The van der Waals surface area contributed by atoms with Crippen molar-refractivity contribution in [2.45, 2.75) is 85.6 Å². The summed E-state index contributed by atoms with van der Waals surface area (Å²) in [7, 11) is 0. The van der Waals surface area contributed by atoms with Crippen molar-refractivity contribution < 1.29 is 19.5 Å². The van der Waals surface area contributed by atoms with Gasteiger partial charge in [-0.05, 0) is 62.8 Å². The number of anilines is 1. The number of carboxylic acids is 1. The molecule has 0 aromatic carbocycles. The van der Waals surface area contributed by atoms with Crippen LogP contribution in [-0.4, -0.2) is 28.9 Å². The lowest BCUT2D eigenvalue weighted by atomic mass is 9.72. The first-order valence-electron chi connectivity index (χ1n) is 11.5. The van der Waals surface area contributed by atoms with Gasteiger partial charge in [0, 0.05) is 10.9 Å². The van der Waals surface area contributed by atoms with E-state index in [0.717, 1.165) is 37.7 Å². The summed E-state index contributed by atoms with van der Waals surface area (Å²) in [6, 6.07) is -0.00717. The molecule has 2 aliphatic carbocycles.